The molecule has 0 spiro atoms. The van der Waals surface area contributed by atoms with Gasteiger partial charge in [-0.1, -0.05) is 0 Å². The van der Waals surface area contributed by atoms with Gasteiger partial charge in [0.15, 0.2) is 0 Å². The summed E-state index contributed by atoms with van der Waals surface area (Å²) in [6.45, 7) is 1.10. The summed E-state index contributed by atoms with van der Waals surface area (Å²) < 4.78 is 12.6. The van der Waals surface area contributed by atoms with Crippen LogP contribution < -0.4 is 5.32 Å². The highest BCUT2D eigenvalue weighted by molar-refractivity contribution is 5.54. The Balaban J connectivity index is 2.38. The van der Waals surface area contributed by atoms with E-state index in [-0.39, 0.29) is 5.92 Å². The van der Waals surface area contributed by atoms with Crippen LogP contribution in [0.5, 0.6) is 0 Å². The van der Waals surface area contributed by atoms with Crippen molar-refractivity contribution in [3.8, 4) is 0 Å². The van der Waals surface area contributed by atoms with Gasteiger partial charge in [0.1, 0.15) is 12.5 Å². The van der Waals surface area contributed by atoms with Gasteiger partial charge >= 0.3 is 0 Å². The lowest BCUT2D eigenvalue weighted by Crippen LogP contribution is -2.38. The zero-order valence-corrected chi connectivity index (χ0v) is 5.14. The van der Waals surface area contributed by atoms with Crippen LogP contribution in [0.15, 0.2) is 0 Å². The van der Waals surface area contributed by atoms with Crippen LogP contribution in [-0.2, 0) is 4.79 Å². The van der Waals surface area contributed by atoms with Gasteiger partial charge in [-0.15, -0.1) is 0 Å². The van der Waals surface area contributed by atoms with Gasteiger partial charge in [-0.3, -0.25) is 0 Å². The van der Waals surface area contributed by atoms with E-state index in [4.69, 9.17) is 0 Å². The Morgan fingerprint density at radius 1 is 1.67 bits per heavy atom. The lowest BCUT2D eigenvalue weighted by molar-refractivity contribution is -0.113. The Morgan fingerprint density at radius 2 is 2.44 bits per heavy atom. The van der Waals surface area contributed by atoms with E-state index in [0.717, 1.165) is 6.54 Å². The zero-order chi connectivity index (χ0) is 6.69. The average molecular weight is 131 g/mol. The maximum Gasteiger partial charge on any atom is 0.126 e. The van der Waals surface area contributed by atoms with Crippen molar-refractivity contribution in [3.05, 3.63) is 0 Å². The number of nitrogens with one attached hydrogen (secondary N) is 1. The summed E-state index contributed by atoms with van der Waals surface area (Å²) in [4.78, 5) is 10.1. The predicted molar refractivity (Wildman–Crippen MR) is 31.9 cm³/mol. The standard InChI is InChI=1S/C6H10FNO/c7-6-3-8-2-1-5(6)4-9/h4-6,8H,1-3H2. The van der Waals surface area contributed by atoms with Crippen molar-refractivity contribution in [2.45, 2.75) is 12.6 Å². The number of carbonyl (C=O) groups excluding carboxylic acids is 1. The second-order valence-electron chi connectivity index (χ2n) is 2.31. The number of aldehydes is 1. The van der Waals surface area contributed by atoms with Crippen LogP contribution in [-0.4, -0.2) is 25.5 Å². The van der Waals surface area contributed by atoms with Gasteiger partial charge < -0.3 is 10.1 Å². The van der Waals surface area contributed by atoms with Gasteiger partial charge in [0.2, 0.25) is 0 Å². The third-order valence-corrected chi connectivity index (χ3v) is 1.63. The van der Waals surface area contributed by atoms with Gasteiger partial charge in [0, 0.05) is 12.5 Å². The van der Waals surface area contributed by atoms with Crippen LogP contribution in [0.4, 0.5) is 4.39 Å². The summed E-state index contributed by atoms with van der Waals surface area (Å²) in [7, 11) is 0. The van der Waals surface area contributed by atoms with Gasteiger partial charge in [-0.2, -0.15) is 0 Å². The minimum absolute atomic E-state index is 0.337. The van der Waals surface area contributed by atoms with Gasteiger partial charge in [0.05, 0.1) is 0 Å². The number of hydrogen-bond donors (Lipinski definition) is 1. The molecule has 2 nitrogen and oxygen atoms in total. The first-order valence-electron chi connectivity index (χ1n) is 3.14. The number of alkyl halides is 1. The summed E-state index contributed by atoms with van der Waals surface area (Å²) >= 11 is 0. The van der Waals surface area contributed by atoms with E-state index in [1.54, 1.807) is 0 Å². The fraction of sp³-hybridized carbons (Fsp3) is 0.833. The van der Waals surface area contributed by atoms with Gasteiger partial charge in [-0.25, -0.2) is 4.39 Å². The highest BCUT2D eigenvalue weighted by Crippen LogP contribution is 2.12. The molecule has 1 heterocycles. The van der Waals surface area contributed by atoms with Crippen molar-refractivity contribution < 1.29 is 9.18 Å². The monoisotopic (exact) mass is 131 g/mol. The molecule has 9 heavy (non-hydrogen) atoms. The Hall–Kier alpha value is -0.440. The number of halogens is 1. The molecule has 1 rings (SSSR count). The van der Waals surface area contributed by atoms with Crippen molar-refractivity contribution in [1.82, 2.24) is 5.32 Å². The second-order valence-corrected chi connectivity index (χ2v) is 2.31. The lowest BCUT2D eigenvalue weighted by Gasteiger charge is -2.21. The average Bonchev–Trinajstić information content (AvgIpc) is 1.89. The molecule has 2 atom stereocenters. The van der Waals surface area contributed by atoms with E-state index in [1.807, 2.05) is 0 Å². The molecule has 0 radical (unpaired) electrons. The molecule has 0 aromatic rings. The van der Waals surface area contributed by atoms with Crippen LogP contribution in [0.2, 0.25) is 0 Å². The molecule has 1 saturated heterocycles. The van der Waals surface area contributed by atoms with Crippen molar-refractivity contribution in [3.63, 3.8) is 0 Å². The quantitative estimate of drug-likeness (QED) is 0.512. The van der Waals surface area contributed by atoms with Crippen LogP contribution >= 0.6 is 0 Å². The smallest absolute Gasteiger partial charge is 0.126 e. The lowest BCUT2D eigenvalue weighted by atomic mass is 9.98. The molecule has 2 unspecified atom stereocenters. The first-order valence-corrected chi connectivity index (χ1v) is 3.14. The van der Waals surface area contributed by atoms with E-state index in [2.05, 4.69) is 5.32 Å². The van der Waals surface area contributed by atoms with E-state index in [9.17, 15) is 9.18 Å². The molecule has 1 aliphatic heterocycles. The highest BCUT2D eigenvalue weighted by atomic mass is 19.1. The van der Waals surface area contributed by atoms with Crippen molar-refractivity contribution in [1.29, 1.82) is 0 Å². The van der Waals surface area contributed by atoms with Crippen LogP contribution in [0, 0.1) is 5.92 Å². The summed E-state index contributed by atoms with van der Waals surface area (Å²) in [5.74, 6) is -0.355. The fourth-order valence-corrected chi connectivity index (χ4v) is 0.994. The largest absolute Gasteiger partial charge is 0.314 e. The molecule has 0 saturated carbocycles. The Bertz CT molecular complexity index is 107. The third-order valence-electron chi connectivity index (χ3n) is 1.63. The van der Waals surface area contributed by atoms with E-state index in [0.29, 0.717) is 19.3 Å². The van der Waals surface area contributed by atoms with Gasteiger partial charge in [0.25, 0.3) is 0 Å². The maximum absolute atomic E-state index is 12.6. The highest BCUT2D eigenvalue weighted by Gasteiger charge is 2.23. The number of rotatable bonds is 1. The van der Waals surface area contributed by atoms with Crippen LogP contribution in [0.25, 0.3) is 0 Å². The van der Waals surface area contributed by atoms with Crippen molar-refractivity contribution >= 4 is 6.29 Å². The molecule has 1 N–H and O–H groups in total. The normalized spacial score (nSPS) is 36.1. The molecule has 0 aromatic heterocycles. The first kappa shape index (κ1) is 6.68. The van der Waals surface area contributed by atoms with E-state index in [1.165, 1.54) is 0 Å². The first-order chi connectivity index (χ1) is 4.34. The summed E-state index contributed by atoms with van der Waals surface area (Å²) in [6, 6.07) is 0. The van der Waals surface area contributed by atoms with Crippen LogP contribution in [0.1, 0.15) is 6.42 Å². The van der Waals surface area contributed by atoms with E-state index < -0.39 is 6.17 Å². The Labute approximate surface area is 53.4 Å². The molecular weight excluding hydrogens is 121 g/mol. The Morgan fingerprint density at radius 3 is 2.89 bits per heavy atom. The summed E-state index contributed by atoms with van der Waals surface area (Å²) in [6.07, 6.45) is 0.396. The number of hydrogen-bond acceptors (Lipinski definition) is 2. The zero-order valence-electron chi connectivity index (χ0n) is 5.14. The minimum atomic E-state index is -0.962. The fourth-order valence-electron chi connectivity index (χ4n) is 0.994. The Kier molecular flexibility index (Phi) is 2.16. The van der Waals surface area contributed by atoms with E-state index >= 15 is 0 Å². The summed E-state index contributed by atoms with van der Waals surface area (Å²) in [5, 5.41) is 2.86. The molecule has 0 bridgehead atoms. The molecule has 0 aromatic carbocycles. The molecular formula is C6H10FNO. The van der Waals surface area contributed by atoms with Crippen molar-refractivity contribution in [2.75, 3.05) is 13.1 Å². The van der Waals surface area contributed by atoms with Crippen molar-refractivity contribution in [2.24, 2.45) is 5.92 Å². The van der Waals surface area contributed by atoms with Gasteiger partial charge in [-0.05, 0) is 13.0 Å². The topological polar surface area (TPSA) is 29.1 Å². The number of piperidine rings is 1. The summed E-state index contributed by atoms with van der Waals surface area (Å²) in [5.41, 5.74) is 0. The number of carbonyl (C=O) groups is 1. The van der Waals surface area contributed by atoms with Crippen LogP contribution in [0.3, 0.4) is 0 Å². The maximum atomic E-state index is 12.6. The minimum Gasteiger partial charge on any atom is -0.314 e. The predicted octanol–water partition coefficient (Wildman–Crippen LogP) is 0.133. The molecule has 0 amide bonds. The molecule has 52 valence electrons. The SMILES string of the molecule is O=CC1CCNCC1F. The molecule has 3 heteroatoms. The molecule has 0 aliphatic carbocycles. The molecule has 1 aliphatic rings. The third kappa shape index (κ3) is 1.48. The second kappa shape index (κ2) is 2.92. The molecule has 1 fully saturated rings.